The average molecular weight is 307 g/mol. The highest BCUT2D eigenvalue weighted by atomic mass is 16.1. The van der Waals surface area contributed by atoms with E-state index >= 15 is 0 Å². The predicted molar refractivity (Wildman–Crippen MR) is 90.6 cm³/mol. The molecule has 1 heterocycles. The third kappa shape index (κ3) is 3.13. The van der Waals surface area contributed by atoms with Crippen LogP contribution in [0, 0.1) is 13.8 Å². The molecule has 2 N–H and O–H groups in total. The predicted octanol–water partition coefficient (Wildman–Crippen LogP) is 2.72. The number of aromatic nitrogens is 2. The normalized spacial score (nSPS) is 10.7. The van der Waals surface area contributed by atoms with Gasteiger partial charge in [0.05, 0.1) is 17.5 Å². The number of anilines is 1. The van der Waals surface area contributed by atoms with Crippen LogP contribution >= 0.6 is 0 Å². The highest BCUT2D eigenvalue weighted by Gasteiger charge is 2.11. The van der Waals surface area contributed by atoms with E-state index in [9.17, 15) is 9.59 Å². The van der Waals surface area contributed by atoms with Gasteiger partial charge in [0.25, 0.3) is 5.56 Å². The topological polar surface area (TPSA) is 74.8 Å². The molecule has 0 unspecified atom stereocenters. The lowest BCUT2D eigenvalue weighted by Gasteiger charge is -2.09. The van der Waals surface area contributed by atoms with Crippen LogP contribution in [0.1, 0.15) is 16.8 Å². The minimum atomic E-state index is -0.251. The molecular formula is C18H17N3O2. The van der Waals surface area contributed by atoms with E-state index < -0.39 is 0 Å². The maximum Gasteiger partial charge on any atom is 0.272 e. The second-order valence-electron chi connectivity index (χ2n) is 5.59. The first-order chi connectivity index (χ1) is 11.0. The standard InChI is InChI=1S/C18H17N3O2/c1-11-7-8-15(12(2)9-11)19-17(22)10-16-13-5-3-4-6-14(13)18(23)21-20-16/h3-9H,10H2,1-2H3,(H,19,22)(H,21,23). The third-order valence-corrected chi connectivity index (χ3v) is 3.76. The molecule has 1 aromatic heterocycles. The molecule has 0 bridgehead atoms. The van der Waals surface area contributed by atoms with E-state index in [-0.39, 0.29) is 17.9 Å². The number of benzene rings is 2. The van der Waals surface area contributed by atoms with E-state index in [0.717, 1.165) is 16.8 Å². The summed E-state index contributed by atoms with van der Waals surface area (Å²) in [6, 6.07) is 13.0. The number of nitrogens with zero attached hydrogens (tertiary/aromatic N) is 1. The number of carbonyl (C=O) groups is 1. The number of hydrogen-bond acceptors (Lipinski definition) is 3. The summed E-state index contributed by atoms with van der Waals surface area (Å²) >= 11 is 0. The van der Waals surface area contributed by atoms with Crippen LogP contribution in [0.2, 0.25) is 0 Å². The Morgan fingerprint density at radius 3 is 2.61 bits per heavy atom. The van der Waals surface area contributed by atoms with Gasteiger partial charge in [-0.1, -0.05) is 35.9 Å². The van der Waals surface area contributed by atoms with E-state index in [0.29, 0.717) is 16.5 Å². The van der Waals surface area contributed by atoms with E-state index in [1.54, 1.807) is 18.2 Å². The molecular weight excluding hydrogens is 290 g/mol. The number of nitrogens with one attached hydrogen (secondary N) is 2. The number of rotatable bonds is 3. The number of H-pyrrole nitrogens is 1. The van der Waals surface area contributed by atoms with Gasteiger partial charge in [-0.05, 0) is 31.5 Å². The molecule has 0 spiro atoms. The fraction of sp³-hybridized carbons (Fsp3) is 0.167. The van der Waals surface area contributed by atoms with Gasteiger partial charge in [-0.15, -0.1) is 0 Å². The Balaban J connectivity index is 1.86. The Bertz CT molecular complexity index is 944. The van der Waals surface area contributed by atoms with Crippen molar-refractivity contribution in [1.29, 1.82) is 0 Å². The highest BCUT2D eigenvalue weighted by Crippen LogP contribution is 2.17. The summed E-state index contributed by atoms with van der Waals surface area (Å²) in [6.07, 6.45) is 0.102. The fourth-order valence-corrected chi connectivity index (χ4v) is 2.61. The molecule has 2 aromatic carbocycles. The number of carbonyl (C=O) groups excluding carboxylic acids is 1. The number of amides is 1. The molecule has 5 nitrogen and oxygen atoms in total. The lowest BCUT2D eigenvalue weighted by Crippen LogP contribution is -2.18. The minimum Gasteiger partial charge on any atom is -0.326 e. The zero-order chi connectivity index (χ0) is 16.4. The van der Waals surface area contributed by atoms with Crippen molar-refractivity contribution in [2.75, 3.05) is 5.32 Å². The van der Waals surface area contributed by atoms with E-state index in [1.807, 2.05) is 38.1 Å². The summed E-state index contributed by atoms with van der Waals surface area (Å²) in [5.74, 6) is -0.165. The second-order valence-corrected chi connectivity index (χ2v) is 5.59. The van der Waals surface area contributed by atoms with Crippen LogP contribution in [0.4, 0.5) is 5.69 Å². The van der Waals surface area contributed by atoms with Crippen LogP contribution in [-0.2, 0) is 11.2 Å². The average Bonchev–Trinajstić information content (AvgIpc) is 2.53. The maximum absolute atomic E-state index is 12.3. The Hall–Kier alpha value is -2.95. The van der Waals surface area contributed by atoms with Crippen LogP contribution in [0.3, 0.4) is 0 Å². The summed E-state index contributed by atoms with van der Waals surface area (Å²) in [5.41, 5.74) is 3.25. The Morgan fingerprint density at radius 2 is 1.87 bits per heavy atom. The molecule has 3 rings (SSSR count). The number of aryl methyl sites for hydroxylation is 2. The molecule has 116 valence electrons. The van der Waals surface area contributed by atoms with E-state index in [1.165, 1.54) is 0 Å². The fourth-order valence-electron chi connectivity index (χ4n) is 2.61. The van der Waals surface area contributed by atoms with Gasteiger partial charge in [0.2, 0.25) is 5.91 Å². The second kappa shape index (κ2) is 6.04. The summed E-state index contributed by atoms with van der Waals surface area (Å²) in [7, 11) is 0. The van der Waals surface area contributed by atoms with Gasteiger partial charge in [0, 0.05) is 11.1 Å². The summed E-state index contributed by atoms with van der Waals surface area (Å²) in [6.45, 7) is 3.96. The van der Waals surface area contributed by atoms with Crippen molar-refractivity contribution in [3.63, 3.8) is 0 Å². The van der Waals surface area contributed by atoms with Gasteiger partial charge in [-0.25, -0.2) is 5.10 Å². The zero-order valence-electron chi connectivity index (χ0n) is 13.0. The number of hydrogen-bond donors (Lipinski definition) is 2. The van der Waals surface area contributed by atoms with Crippen molar-refractivity contribution in [2.24, 2.45) is 0 Å². The van der Waals surface area contributed by atoms with Crippen LogP contribution in [0.25, 0.3) is 10.8 Å². The molecule has 23 heavy (non-hydrogen) atoms. The Kier molecular flexibility index (Phi) is 3.93. The summed E-state index contributed by atoms with van der Waals surface area (Å²) in [5, 5.41) is 10.6. The first kappa shape index (κ1) is 15.0. The van der Waals surface area contributed by atoms with Crippen LogP contribution in [0.15, 0.2) is 47.3 Å². The Labute approximate surface area is 133 Å². The molecule has 0 aliphatic rings. The van der Waals surface area contributed by atoms with Gasteiger partial charge >= 0.3 is 0 Å². The molecule has 3 aromatic rings. The van der Waals surface area contributed by atoms with E-state index in [2.05, 4.69) is 15.5 Å². The molecule has 0 saturated heterocycles. The lowest BCUT2D eigenvalue weighted by molar-refractivity contribution is -0.115. The smallest absolute Gasteiger partial charge is 0.272 e. The largest absolute Gasteiger partial charge is 0.326 e. The maximum atomic E-state index is 12.3. The molecule has 5 heteroatoms. The molecule has 0 saturated carbocycles. The van der Waals surface area contributed by atoms with Crippen LogP contribution in [-0.4, -0.2) is 16.1 Å². The quantitative estimate of drug-likeness (QED) is 0.781. The van der Waals surface area contributed by atoms with Crippen molar-refractivity contribution in [1.82, 2.24) is 10.2 Å². The first-order valence-corrected chi connectivity index (χ1v) is 7.38. The van der Waals surface area contributed by atoms with Gasteiger partial charge in [0.1, 0.15) is 0 Å². The van der Waals surface area contributed by atoms with Crippen LogP contribution < -0.4 is 10.9 Å². The summed E-state index contributed by atoms with van der Waals surface area (Å²) < 4.78 is 0. The molecule has 1 amide bonds. The monoisotopic (exact) mass is 307 g/mol. The van der Waals surface area contributed by atoms with Crippen molar-refractivity contribution in [2.45, 2.75) is 20.3 Å². The van der Waals surface area contributed by atoms with Crippen molar-refractivity contribution < 1.29 is 4.79 Å². The van der Waals surface area contributed by atoms with Gasteiger partial charge in [0.15, 0.2) is 0 Å². The molecule has 0 aliphatic heterocycles. The molecule has 0 atom stereocenters. The highest BCUT2D eigenvalue weighted by molar-refractivity contribution is 5.95. The SMILES string of the molecule is Cc1ccc(NC(=O)Cc2n[nH]c(=O)c3ccccc23)c(C)c1. The van der Waals surface area contributed by atoms with E-state index in [4.69, 9.17) is 0 Å². The molecule has 0 fully saturated rings. The van der Waals surface area contributed by atoms with Crippen LogP contribution in [0.5, 0.6) is 0 Å². The van der Waals surface area contributed by atoms with Crippen molar-refractivity contribution >= 4 is 22.4 Å². The first-order valence-electron chi connectivity index (χ1n) is 7.38. The van der Waals surface area contributed by atoms with Gasteiger partial charge in [-0.2, -0.15) is 5.10 Å². The van der Waals surface area contributed by atoms with Gasteiger partial charge in [-0.3, -0.25) is 9.59 Å². The van der Waals surface area contributed by atoms with Gasteiger partial charge < -0.3 is 5.32 Å². The van der Waals surface area contributed by atoms with Crippen molar-refractivity contribution in [3.05, 3.63) is 69.6 Å². The number of aromatic amines is 1. The zero-order valence-corrected chi connectivity index (χ0v) is 13.0. The van der Waals surface area contributed by atoms with Crippen molar-refractivity contribution in [3.8, 4) is 0 Å². The third-order valence-electron chi connectivity index (χ3n) is 3.76. The minimum absolute atomic E-state index is 0.102. The summed E-state index contributed by atoms with van der Waals surface area (Å²) in [4.78, 5) is 24.1. The molecule has 0 aliphatic carbocycles. The number of fused-ring (bicyclic) bond motifs is 1. The molecule has 0 radical (unpaired) electrons. The Morgan fingerprint density at radius 1 is 1.13 bits per heavy atom. The lowest BCUT2D eigenvalue weighted by atomic mass is 10.1.